The highest BCUT2D eigenvalue weighted by Gasteiger charge is 2.21. The second-order valence-electron chi connectivity index (χ2n) is 5.65. The highest BCUT2D eigenvalue weighted by Crippen LogP contribution is 2.27. The van der Waals surface area contributed by atoms with E-state index in [0.29, 0.717) is 5.56 Å². The van der Waals surface area contributed by atoms with Crippen molar-refractivity contribution in [3.05, 3.63) is 58.9 Å². The molecule has 0 saturated carbocycles. The number of para-hydroxylation sites is 1. The molecule has 0 atom stereocenters. The van der Waals surface area contributed by atoms with Crippen molar-refractivity contribution >= 4 is 29.1 Å². The number of nitrogens with one attached hydrogen (secondary N) is 1. The zero-order valence-corrected chi connectivity index (χ0v) is 13.9. The second-order valence-corrected chi connectivity index (χ2v) is 6.04. The van der Waals surface area contributed by atoms with E-state index in [-0.39, 0.29) is 29.9 Å². The van der Waals surface area contributed by atoms with Gasteiger partial charge < -0.3 is 10.2 Å². The topological polar surface area (TPSA) is 62.3 Å². The van der Waals surface area contributed by atoms with Gasteiger partial charge in [0.05, 0.1) is 0 Å². The lowest BCUT2D eigenvalue weighted by Gasteiger charge is -2.29. The van der Waals surface area contributed by atoms with Crippen molar-refractivity contribution in [2.24, 2.45) is 0 Å². The van der Waals surface area contributed by atoms with Crippen molar-refractivity contribution < 1.29 is 9.59 Å². The van der Waals surface area contributed by atoms with Gasteiger partial charge in [-0.1, -0.05) is 29.8 Å². The minimum absolute atomic E-state index is 0.0233. The minimum Gasteiger partial charge on any atom is -0.352 e. The Labute approximate surface area is 145 Å². The van der Waals surface area contributed by atoms with Gasteiger partial charge in [0.25, 0.3) is 5.91 Å². The average molecular weight is 344 g/mol. The van der Waals surface area contributed by atoms with E-state index < -0.39 is 0 Å². The molecule has 124 valence electrons. The zero-order chi connectivity index (χ0) is 16.9. The smallest absolute Gasteiger partial charge is 0.251 e. The van der Waals surface area contributed by atoms with Crippen LogP contribution in [0.25, 0.3) is 0 Å². The molecule has 2 amide bonds. The van der Waals surface area contributed by atoms with E-state index in [0.717, 1.165) is 25.1 Å². The van der Waals surface area contributed by atoms with Gasteiger partial charge in [-0.25, -0.2) is 4.98 Å². The number of anilines is 1. The van der Waals surface area contributed by atoms with E-state index in [1.807, 2.05) is 23.1 Å². The summed E-state index contributed by atoms with van der Waals surface area (Å²) in [7, 11) is 0. The number of nitrogens with zero attached hydrogens (tertiary/aromatic N) is 2. The number of fused-ring (bicyclic) bond motifs is 1. The lowest BCUT2D eigenvalue weighted by atomic mass is 10.0. The largest absolute Gasteiger partial charge is 0.352 e. The fraction of sp³-hybridized carbons (Fsp3) is 0.278. The molecule has 2 aromatic rings. The van der Waals surface area contributed by atoms with Crippen molar-refractivity contribution in [2.75, 3.05) is 18.0 Å². The molecule has 1 aromatic carbocycles. The van der Waals surface area contributed by atoms with Crippen molar-refractivity contribution in [1.82, 2.24) is 10.3 Å². The van der Waals surface area contributed by atoms with Crippen LogP contribution in [0.15, 0.2) is 42.6 Å². The van der Waals surface area contributed by atoms with Crippen LogP contribution in [-0.4, -0.2) is 29.9 Å². The van der Waals surface area contributed by atoms with Crippen LogP contribution in [0.5, 0.6) is 0 Å². The first kappa shape index (κ1) is 16.5. The molecule has 0 spiro atoms. The molecule has 2 heterocycles. The molecule has 24 heavy (non-hydrogen) atoms. The third-order valence-electron chi connectivity index (χ3n) is 4.02. The summed E-state index contributed by atoms with van der Waals surface area (Å²) in [6.07, 6.45) is 3.70. The number of rotatable bonds is 4. The van der Waals surface area contributed by atoms with Gasteiger partial charge in [0.15, 0.2) is 0 Å². The lowest BCUT2D eigenvalue weighted by molar-refractivity contribution is -0.118. The monoisotopic (exact) mass is 343 g/mol. The summed E-state index contributed by atoms with van der Waals surface area (Å²) in [5, 5.41) is 3.01. The van der Waals surface area contributed by atoms with Crippen LogP contribution in [0.3, 0.4) is 0 Å². The van der Waals surface area contributed by atoms with Gasteiger partial charge in [0, 0.05) is 37.0 Å². The summed E-state index contributed by atoms with van der Waals surface area (Å²) in [5.41, 5.74) is 2.62. The normalized spacial score (nSPS) is 13.3. The van der Waals surface area contributed by atoms with Crippen molar-refractivity contribution in [3.63, 3.8) is 0 Å². The van der Waals surface area contributed by atoms with Crippen LogP contribution in [-0.2, 0) is 11.2 Å². The Morgan fingerprint density at radius 2 is 2.08 bits per heavy atom. The number of halogens is 1. The number of carbonyl (C=O) groups is 2. The standard InChI is InChI=1S/C18H18ClN3O2/c19-16-12-14(7-9-20-16)18(24)21-10-8-17(23)22-11-3-5-13-4-1-2-6-15(13)22/h1-2,4,6-7,9,12H,3,5,8,10-11H2,(H,21,24). The summed E-state index contributed by atoms with van der Waals surface area (Å²) in [5.74, 6) is -0.235. The van der Waals surface area contributed by atoms with Crippen LogP contribution in [0.4, 0.5) is 5.69 Å². The van der Waals surface area contributed by atoms with Gasteiger partial charge in [-0.3, -0.25) is 9.59 Å². The molecular formula is C18H18ClN3O2. The molecule has 0 radical (unpaired) electrons. The van der Waals surface area contributed by atoms with Gasteiger partial charge in [0.1, 0.15) is 5.15 Å². The Hall–Kier alpha value is -2.40. The Morgan fingerprint density at radius 3 is 2.92 bits per heavy atom. The average Bonchev–Trinajstić information content (AvgIpc) is 2.61. The van der Waals surface area contributed by atoms with Gasteiger partial charge >= 0.3 is 0 Å². The fourth-order valence-corrected chi connectivity index (χ4v) is 3.03. The molecule has 0 unspecified atom stereocenters. The van der Waals surface area contributed by atoms with Crippen molar-refractivity contribution in [1.29, 1.82) is 0 Å². The molecular weight excluding hydrogens is 326 g/mol. The maximum Gasteiger partial charge on any atom is 0.251 e. The van der Waals surface area contributed by atoms with Crippen molar-refractivity contribution in [2.45, 2.75) is 19.3 Å². The summed E-state index contributed by atoms with van der Waals surface area (Å²) in [6.45, 7) is 1.01. The van der Waals surface area contributed by atoms with Gasteiger partial charge in [-0.2, -0.15) is 0 Å². The zero-order valence-electron chi connectivity index (χ0n) is 13.2. The molecule has 0 fully saturated rings. The number of aryl methyl sites for hydroxylation is 1. The number of carbonyl (C=O) groups excluding carboxylic acids is 2. The van der Waals surface area contributed by atoms with E-state index in [1.54, 1.807) is 6.07 Å². The molecule has 0 saturated heterocycles. The molecule has 6 heteroatoms. The Morgan fingerprint density at radius 1 is 1.25 bits per heavy atom. The molecule has 0 bridgehead atoms. The quantitative estimate of drug-likeness (QED) is 0.868. The first-order valence-corrected chi connectivity index (χ1v) is 8.31. The maximum absolute atomic E-state index is 12.5. The maximum atomic E-state index is 12.5. The molecule has 1 aliphatic heterocycles. The third-order valence-corrected chi connectivity index (χ3v) is 4.23. The number of hydrogen-bond donors (Lipinski definition) is 1. The molecule has 3 rings (SSSR count). The molecule has 1 aliphatic rings. The predicted molar refractivity (Wildman–Crippen MR) is 93.3 cm³/mol. The van der Waals surface area contributed by atoms with Crippen LogP contribution in [0, 0.1) is 0 Å². The number of amides is 2. The van der Waals surface area contributed by atoms with E-state index in [4.69, 9.17) is 11.6 Å². The fourth-order valence-electron chi connectivity index (χ4n) is 2.86. The van der Waals surface area contributed by atoms with Gasteiger partial charge in [-0.05, 0) is 36.6 Å². The van der Waals surface area contributed by atoms with E-state index >= 15 is 0 Å². The predicted octanol–water partition coefficient (Wildman–Crippen LogP) is 2.83. The van der Waals surface area contributed by atoms with E-state index in [9.17, 15) is 9.59 Å². The van der Waals surface area contributed by atoms with Crippen LogP contribution >= 0.6 is 11.6 Å². The van der Waals surface area contributed by atoms with Crippen LogP contribution in [0.2, 0.25) is 5.15 Å². The Bertz CT molecular complexity index is 763. The highest BCUT2D eigenvalue weighted by atomic mass is 35.5. The first-order chi connectivity index (χ1) is 11.6. The molecule has 5 nitrogen and oxygen atoms in total. The number of pyridine rings is 1. The Balaban J connectivity index is 1.56. The lowest BCUT2D eigenvalue weighted by Crippen LogP contribution is -2.37. The number of hydrogen-bond acceptors (Lipinski definition) is 3. The minimum atomic E-state index is -0.258. The van der Waals surface area contributed by atoms with E-state index in [1.165, 1.54) is 17.8 Å². The summed E-state index contributed by atoms with van der Waals surface area (Å²) in [4.78, 5) is 30.2. The summed E-state index contributed by atoms with van der Waals surface area (Å²) >= 11 is 5.77. The summed E-state index contributed by atoms with van der Waals surface area (Å²) < 4.78 is 0. The third kappa shape index (κ3) is 3.74. The molecule has 1 aromatic heterocycles. The Kier molecular flexibility index (Phi) is 5.11. The second kappa shape index (κ2) is 7.45. The number of benzene rings is 1. The molecule has 1 N–H and O–H groups in total. The highest BCUT2D eigenvalue weighted by molar-refractivity contribution is 6.29. The molecule has 0 aliphatic carbocycles. The SMILES string of the molecule is O=C(NCCC(=O)N1CCCc2ccccc21)c1ccnc(Cl)c1. The van der Waals surface area contributed by atoms with Gasteiger partial charge in [0.2, 0.25) is 5.91 Å². The van der Waals surface area contributed by atoms with Crippen molar-refractivity contribution in [3.8, 4) is 0 Å². The van der Waals surface area contributed by atoms with Gasteiger partial charge in [-0.15, -0.1) is 0 Å². The van der Waals surface area contributed by atoms with Crippen LogP contribution in [0.1, 0.15) is 28.8 Å². The number of aromatic nitrogens is 1. The first-order valence-electron chi connectivity index (χ1n) is 7.93. The van der Waals surface area contributed by atoms with Crippen LogP contribution < -0.4 is 10.2 Å². The van der Waals surface area contributed by atoms with E-state index in [2.05, 4.69) is 16.4 Å². The summed E-state index contributed by atoms with van der Waals surface area (Å²) in [6, 6.07) is 11.1.